The summed E-state index contributed by atoms with van der Waals surface area (Å²) in [5.41, 5.74) is 2.54. The number of amides is 1. The largest absolute Gasteiger partial charge is 0.383 e. The molecule has 0 bridgehead atoms. The highest BCUT2D eigenvalue weighted by molar-refractivity contribution is 5.76. The van der Waals surface area contributed by atoms with E-state index in [1.165, 1.54) is 11.1 Å². The second kappa shape index (κ2) is 7.95. The van der Waals surface area contributed by atoms with Gasteiger partial charge in [0.1, 0.15) is 0 Å². The Labute approximate surface area is 116 Å². The average molecular weight is 263 g/mol. The first-order chi connectivity index (χ1) is 9.02. The standard InChI is InChI=1S/C16H25NO2/c1-12(2)15-8-5-14(6-9-15)7-10-16(18)17-13(3)11-19-4/h5-6,8-9,12-13H,7,10-11H2,1-4H3,(H,17,18)/t13-/m1/s1. The van der Waals surface area contributed by atoms with Crippen molar-refractivity contribution in [3.63, 3.8) is 0 Å². The Kier molecular flexibility index (Phi) is 6.57. The minimum atomic E-state index is 0.0702. The number of carbonyl (C=O) groups excluding carboxylic acids is 1. The lowest BCUT2D eigenvalue weighted by atomic mass is 10.0. The first kappa shape index (κ1) is 15.7. The normalized spacial score (nSPS) is 12.5. The number of rotatable bonds is 7. The molecule has 3 heteroatoms. The summed E-state index contributed by atoms with van der Waals surface area (Å²) in [6.45, 7) is 6.85. The van der Waals surface area contributed by atoms with Gasteiger partial charge in [-0.1, -0.05) is 38.1 Å². The third-order valence-electron chi connectivity index (χ3n) is 3.11. The summed E-state index contributed by atoms with van der Waals surface area (Å²) in [5, 5.41) is 2.92. The van der Waals surface area contributed by atoms with Gasteiger partial charge >= 0.3 is 0 Å². The molecule has 0 radical (unpaired) electrons. The van der Waals surface area contributed by atoms with Crippen LogP contribution in [0.25, 0.3) is 0 Å². The lowest BCUT2D eigenvalue weighted by Crippen LogP contribution is -2.35. The van der Waals surface area contributed by atoms with Crippen molar-refractivity contribution in [2.45, 2.75) is 45.6 Å². The van der Waals surface area contributed by atoms with Crippen molar-refractivity contribution in [2.24, 2.45) is 0 Å². The molecule has 19 heavy (non-hydrogen) atoms. The molecule has 0 aliphatic heterocycles. The van der Waals surface area contributed by atoms with Gasteiger partial charge in [-0.3, -0.25) is 4.79 Å². The second-order valence-corrected chi connectivity index (χ2v) is 5.32. The van der Waals surface area contributed by atoms with Crippen LogP contribution in [-0.2, 0) is 16.0 Å². The molecule has 1 aromatic rings. The molecule has 0 aliphatic carbocycles. The summed E-state index contributed by atoms with van der Waals surface area (Å²) in [6.07, 6.45) is 1.30. The average Bonchev–Trinajstić information content (AvgIpc) is 2.37. The SMILES string of the molecule is COC[C@@H](C)NC(=O)CCc1ccc(C(C)C)cc1. The quantitative estimate of drug-likeness (QED) is 0.821. The highest BCUT2D eigenvalue weighted by Gasteiger charge is 2.07. The molecule has 0 heterocycles. The Morgan fingerprint density at radius 2 is 1.84 bits per heavy atom. The molecule has 0 saturated carbocycles. The van der Waals surface area contributed by atoms with E-state index in [4.69, 9.17) is 4.74 Å². The fraction of sp³-hybridized carbons (Fsp3) is 0.562. The van der Waals surface area contributed by atoms with E-state index in [2.05, 4.69) is 43.4 Å². The minimum absolute atomic E-state index is 0.0702. The van der Waals surface area contributed by atoms with Crippen LogP contribution in [0.1, 0.15) is 44.2 Å². The summed E-state index contributed by atoms with van der Waals surface area (Å²) in [7, 11) is 1.64. The van der Waals surface area contributed by atoms with Crippen LogP contribution < -0.4 is 5.32 Å². The van der Waals surface area contributed by atoms with Crippen molar-refractivity contribution in [1.29, 1.82) is 0 Å². The third-order valence-corrected chi connectivity index (χ3v) is 3.11. The highest BCUT2D eigenvalue weighted by Crippen LogP contribution is 2.15. The van der Waals surface area contributed by atoms with Crippen molar-refractivity contribution >= 4 is 5.91 Å². The number of carbonyl (C=O) groups is 1. The monoisotopic (exact) mass is 263 g/mol. The van der Waals surface area contributed by atoms with Crippen LogP contribution in [0, 0.1) is 0 Å². The summed E-state index contributed by atoms with van der Waals surface area (Å²) in [6, 6.07) is 8.58. The summed E-state index contributed by atoms with van der Waals surface area (Å²) >= 11 is 0. The van der Waals surface area contributed by atoms with Crippen LogP contribution in [0.15, 0.2) is 24.3 Å². The van der Waals surface area contributed by atoms with E-state index in [9.17, 15) is 4.79 Å². The molecule has 1 N–H and O–H groups in total. The van der Waals surface area contributed by atoms with E-state index in [0.717, 1.165) is 6.42 Å². The maximum Gasteiger partial charge on any atom is 0.220 e. The minimum Gasteiger partial charge on any atom is -0.383 e. The fourth-order valence-corrected chi connectivity index (χ4v) is 1.97. The molecule has 3 nitrogen and oxygen atoms in total. The van der Waals surface area contributed by atoms with Crippen LogP contribution in [0.3, 0.4) is 0 Å². The number of hydrogen-bond donors (Lipinski definition) is 1. The molecule has 0 saturated heterocycles. The number of hydrogen-bond acceptors (Lipinski definition) is 2. The number of nitrogens with one attached hydrogen (secondary N) is 1. The topological polar surface area (TPSA) is 38.3 Å². The van der Waals surface area contributed by atoms with E-state index in [-0.39, 0.29) is 11.9 Å². The molecule has 106 valence electrons. The van der Waals surface area contributed by atoms with Gasteiger partial charge in [0, 0.05) is 19.6 Å². The highest BCUT2D eigenvalue weighted by atomic mass is 16.5. The van der Waals surface area contributed by atoms with E-state index >= 15 is 0 Å². The first-order valence-corrected chi connectivity index (χ1v) is 6.90. The summed E-state index contributed by atoms with van der Waals surface area (Å²) in [5.74, 6) is 0.629. The number of benzene rings is 1. The molecule has 0 aromatic heterocycles. The van der Waals surface area contributed by atoms with Crippen molar-refractivity contribution < 1.29 is 9.53 Å². The van der Waals surface area contributed by atoms with Gasteiger partial charge in [-0.25, -0.2) is 0 Å². The van der Waals surface area contributed by atoms with Crippen LogP contribution in [0.4, 0.5) is 0 Å². The molecular formula is C16H25NO2. The lowest BCUT2D eigenvalue weighted by Gasteiger charge is -2.12. The van der Waals surface area contributed by atoms with Crippen molar-refractivity contribution in [2.75, 3.05) is 13.7 Å². The predicted molar refractivity (Wildman–Crippen MR) is 78.3 cm³/mol. The van der Waals surface area contributed by atoms with Gasteiger partial charge in [-0.05, 0) is 30.4 Å². The van der Waals surface area contributed by atoms with E-state index in [1.807, 2.05) is 6.92 Å². The second-order valence-electron chi connectivity index (χ2n) is 5.32. The van der Waals surface area contributed by atoms with Gasteiger partial charge in [0.05, 0.1) is 6.61 Å². The van der Waals surface area contributed by atoms with Crippen LogP contribution in [0.5, 0.6) is 0 Å². The maximum absolute atomic E-state index is 11.7. The van der Waals surface area contributed by atoms with Crippen LogP contribution in [-0.4, -0.2) is 25.7 Å². The molecule has 1 amide bonds. The number of methoxy groups -OCH3 is 1. The zero-order valence-electron chi connectivity index (χ0n) is 12.4. The van der Waals surface area contributed by atoms with Crippen molar-refractivity contribution in [3.05, 3.63) is 35.4 Å². The van der Waals surface area contributed by atoms with Crippen LogP contribution in [0.2, 0.25) is 0 Å². The maximum atomic E-state index is 11.7. The predicted octanol–water partition coefficient (Wildman–Crippen LogP) is 2.89. The Morgan fingerprint density at radius 1 is 1.21 bits per heavy atom. The molecular weight excluding hydrogens is 238 g/mol. The molecule has 0 unspecified atom stereocenters. The molecule has 1 aromatic carbocycles. The van der Waals surface area contributed by atoms with E-state index in [1.54, 1.807) is 7.11 Å². The number of aryl methyl sites for hydroxylation is 1. The molecule has 0 fully saturated rings. The van der Waals surface area contributed by atoms with E-state index < -0.39 is 0 Å². The van der Waals surface area contributed by atoms with Crippen molar-refractivity contribution in [1.82, 2.24) is 5.32 Å². The Morgan fingerprint density at radius 3 is 2.37 bits per heavy atom. The lowest BCUT2D eigenvalue weighted by molar-refractivity contribution is -0.122. The zero-order valence-corrected chi connectivity index (χ0v) is 12.4. The molecule has 1 atom stereocenters. The summed E-state index contributed by atoms with van der Waals surface area (Å²) < 4.78 is 4.99. The van der Waals surface area contributed by atoms with Gasteiger partial charge in [0.2, 0.25) is 5.91 Å². The fourth-order valence-electron chi connectivity index (χ4n) is 1.97. The molecule has 0 aliphatic rings. The zero-order chi connectivity index (χ0) is 14.3. The summed E-state index contributed by atoms with van der Waals surface area (Å²) in [4.78, 5) is 11.7. The Hall–Kier alpha value is -1.35. The van der Waals surface area contributed by atoms with Gasteiger partial charge in [-0.15, -0.1) is 0 Å². The van der Waals surface area contributed by atoms with Crippen molar-refractivity contribution in [3.8, 4) is 0 Å². The molecule has 0 spiro atoms. The van der Waals surface area contributed by atoms with Gasteiger partial charge in [0.15, 0.2) is 0 Å². The van der Waals surface area contributed by atoms with Crippen LogP contribution >= 0.6 is 0 Å². The van der Waals surface area contributed by atoms with Gasteiger partial charge in [0.25, 0.3) is 0 Å². The Bertz CT molecular complexity index is 384. The smallest absolute Gasteiger partial charge is 0.220 e. The number of ether oxygens (including phenoxy) is 1. The van der Waals surface area contributed by atoms with E-state index in [0.29, 0.717) is 18.9 Å². The molecule has 1 rings (SSSR count). The van der Waals surface area contributed by atoms with Gasteiger partial charge in [-0.2, -0.15) is 0 Å². The van der Waals surface area contributed by atoms with Gasteiger partial charge < -0.3 is 10.1 Å². The first-order valence-electron chi connectivity index (χ1n) is 6.90. The Balaban J connectivity index is 2.37. The third kappa shape index (κ3) is 5.88.